The van der Waals surface area contributed by atoms with Gasteiger partial charge in [0, 0.05) is 51.9 Å². The molecule has 0 radical (unpaired) electrons. The number of halogens is 2. The lowest BCUT2D eigenvalue weighted by molar-refractivity contribution is 0.265. The van der Waals surface area contributed by atoms with E-state index in [-0.39, 0.29) is 29.8 Å². The fraction of sp³-hybridized carbons (Fsp3) is 0.650. The molecule has 154 valence electrons. The molecule has 2 atom stereocenters. The molecule has 0 bridgehead atoms. The number of likely N-dealkylation sites (N-methyl/N-ethyl adjacent to an activating group) is 1. The Bertz CT molecular complexity index is 578. The van der Waals surface area contributed by atoms with Crippen molar-refractivity contribution in [1.82, 2.24) is 20.4 Å². The lowest BCUT2D eigenvalue weighted by Crippen LogP contribution is -2.48. The predicted molar refractivity (Wildman–Crippen MR) is 122 cm³/mol. The van der Waals surface area contributed by atoms with E-state index in [0.717, 1.165) is 44.2 Å². The van der Waals surface area contributed by atoms with Crippen LogP contribution in [0.3, 0.4) is 0 Å². The Morgan fingerprint density at radius 2 is 1.96 bits per heavy atom. The summed E-state index contributed by atoms with van der Waals surface area (Å²) in [5.74, 6) is 1.28. The van der Waals surface area contributed by atoms with Crippen LogP contribution in [0, 0.1) is 11.7 Å². The molecule has 2 N–H and O–H groups in total. The van der Waals surface area contributed by atoms with Gasteiger partial charge in [0.15, 0.2) is 5.96 Å². The quantitative estimate of drug-likeness (QED) is 0.350. The Balaban J connectivity index is 0.00000364. The summed E-state index contributed by atoms with van der Waals surface area (Å²) >= 11 is 0. The molecule has 5 nitrogen and oxygen atoms in total. The van der Waals surface area contributed by atoms with Gasteiger partial charge in [0.2, 0.25) is 0 Å². The molecule has 1 saturated heterocycles. The van der Waals surface area contributed by atoms with E-state index in [1.807, 2.05) is 19.2 Å². The predicted octanol–water partition coefficient (Wildman–Crippen LogP) is 2.77. The monoisotopic (exact) mass is 491 g/mol. The minimum absolute atomic E-state index is 0. The van der Waals surface area contributed by atoms with E-state index >= 15 is 0 Å². The van der Waals surface area contributed by atoms with Gasteiger partial charge in [-0.2, -0.15) is 0 Å². The maximum atomic E-state index is 13.0. The molecular formula is C20H35FIN5. The Hall–Kier alpha value is -0.930. The van der Waals surface area contributed by atoms with Crippen molar-refractivity contribution in [3.8, 4) is 0 Å². The van der Waals surface area contributed by atoms with Crippen molar-refractivity contribution < 1.29 is 4.39 Å². The van der Waals surface area contributed by atoms with Gasteiger partial charge < -0.3 is 15.5 Å². The molecule has 1 aromatic carbocycles. The van der Waals surface area contributed by atoms with Crippen LogP contribution in [-0.4, -0.2) is 68.1 Å². The van der Waals surface area contributed by atoms with Crippen molar-refractivity contribution in [3.05, 3.63) is 35.6 Å². The molecule has 2 rings (SSSR count). The highest BCUT2D eigenvalue weighted by Gasteiger charge is 2.31. The number of hydrogen-bond acceptors (Lipinski definition) is 3. The average molecular weight is 491 g/mol. The van der Waals surface area contributed by atoms with Crippen molar-refractivity contribution in [2.75, 3.05) is 40.3 Å². The van der Waals surface area contributed by atoms with Crippen LogP contribution >= 0.6 is 24.0 Å². The fourth-order valence-corrected chi connectivity index (χ4v) is 3.33. The summed E-state index contributed by atoms with van der Waals surface area (Å²) in [4.78, 5) is 9.08. The molecule has 0 aromatic heterocycles. The fourth-order valence-electron chi connectivity index (χ4n) is 3.33. The zero-order valence-electron chi connectivity index (χ0n) is 17.2. The standard InChI is InChI=1S/C20H34FN5.HI/c1-15(2)26-12-16(3)19(14-26)24-20(22-4)23-10-11-25(5)13-17-6-8-18(21)9-7-17;/h6-9,15-16,19H,10-14H2,1-5H3,(H2,22,23,24);1H. The van der Waals surface area contributed by atoms with E-state index in [2.05, 4.69) is 53.2 Å². The van der Waals surface area contributed by atoms with Gasteiger partial charge in [0.1, 0.15) is 5.82 Å². The smallest absolute Gasteiger partial charge is 0.191 e. The molecule has 0 aliphatic carbocycles. The van der Waals surface area contributed by atoms with Crippen molar-refractivity contribution in [2.45, 2.75) is 39.4 Å². The Labute approximate surface area is 180 Å². The van der Waals surface area contributed by atoms with Gasteiger partial charge in [-0.05, 0) is 44.5 Å². The van der Waals surface area contributed by atoms with Gasteiger partial charge in [-0.3, -0.25) is 9.89 Å². The maximum absolute atomic E-state index is 13.0. The lowest BCUT2D eigenvalue weighted by atomic mass is 10.1. The van der Waals surface area contributed by atoms with Gasteiger partial charge in [-0.15, -0.1) is 24.0 Å². The molecular weight excluding hydrogens is 456 g/mol. The third kappa shape index (κ3) is 7.91. The van der Waals surface area contributed by atoms with Gasteiger partial charge in [-0.1, -0.05) is 19.1 Å². The molecule has 1 aliphatic heterocycles. The molecule has 1 heterocycles. The third-order valence-corrected chi connectivity index (χ3v) is 5.07. The summed E-state index contributed by atoms with van der Waals surface area (Å²) in [7, 11) is 3.89. The van der Waals surface area contributed by atoms with Gasteiger partial charge in [0.05, 0.1) is 0 Å². The first-order valence-corrected chi connectivity index (χ1v) is 9.53. The van der Waals surface area contributed by atoms with Crippen molar-refractivity contribution in [2.24, 2.45) is 10.9 Å². The van der Waals surface area contributed by atoms with Crippen molar-refractivity contribution >= 4 is 29.9 Å². The van der Waals surface area contributed by atoms with E-state index in [0.29, 0.717) is 18.0 Å². The summed E-state index contributed by atoms with van der Waals surface area (Å²) in [5, 5.41) is 6.97. The molecule has 0 amide bonds. The van der Waals surface area contributed by atoms with Gasteiger partial charge in [0.25, 0.3) is 0 Å². The molecule has 0 saturated carbocycles. The Morgan fingerprint density at radius 1 is 1.30 bits per heavy atom. The van der Waals surface area contributed by atoms with Crippen LogP contribution in [0.15, 0.2) is 29.3 Å². The van der Waals surface area contributed by atoms with E-state index < -0.39 is 0 Å². The van der Waals surface area contributed by atoms with Crippen LogP contribution < -0.4 is 10.6 Å². The minimum Gasteiger partial charge on any atom is -0.355 e. The van der Waals surface area contributed by atoms with E-state index in [1.54, 1.807) is 0 Å². The van der Waals surface area contributed by atoms with Gasteiger partial charge >= 0.3 is 0 Å². The van der Waals surface area contributed by atoms with Crippen molar-refractivity contribution in [3.63, 3.8) is 0 Å². The first-order chi connectivity index (χ1) is 12.4. The van der Waals surface area contributed by atoms with Crippen LogP contribution in [0.2, 0.25) is 0 Å². The third-order valence-electron chi connectivity index (χ3n) is 5.07. The van der Waals surface area contributed by atoms with E-state index in [1.165, 1.54) is 12.1 Å². The van der Waals surface area contributed by atoms with Crippen molar-refractivity contribution in [1.29, 1.82) is 0 Å². The highest BCUT2D eigenvalue weighted by atomic mass is 127. The lowest BCUT2D eigenvalue weighted by Gasteiger charge is -2.23. The number of nitrogens with one attached hydrogen (secondary N) is 2. The number of rotatable bonds is 7. The molecule has 2 unspecified atom stereocenters. The molecule has 27 heavy (non-hydrogen) atoms. The van der Waals surface area contributed by atoms with Crippen LogP contribution in [0.1, 0.15) is 26.3 Å². The molecule has 1 fully saturated rings. The summed E-state index contributed by atoms with van der Waals surface area (Å²) in [6.45, 7) is 11.5. The van der Waals surface area contributed by atoms with Crippen LogP contribution in [0.25, 0.3) is 0 Å². The number of hydrogen-bond donors (Lipinski definition) is 2. The van der Waals surface area contributed by atoms with Gasteiger partial charge in [-0.25, -0.2) is 4.39 Å². The topological polar surface area (TPSA) is 42.9 Å². The summed E-state index contributed by atoms with van der Waals surface area (Å²) in [5.41, 5.74) is 1.12. The van der Waals surface area contributed by atoms with Crippen LogP contribution in [0.4, 0.5) is 4.39 Å². The highest BCUT2D eigenvalue weighted by molar-refractivity contribution is 14.0. The second-order valence-corrected chi connectivity index (χ2v) is 7.64. The summed E-state index contributed by atoms with van der Waals surface area (Å²) in [6.07, 6.45) is 0. The van der Waals surface area contributed by atoms with E-state index in [4.69, 9.17) is 0 Å². The first kappa shape index (κ1) is 24.1. The molecule has 7 heteroatoms. The second kappa shape index (κ2) is 11.8. The Kier molecular flexibility index (Phi) is 10.5. The number of likely N-dealkylation sites (tertiary alicyclic amines) is 1. The molecule has 1 aliphatic rings. The summed E-state index contributed by atoms with van der Waals surface area (Å²) in [6, 6.07) is 7.70. The maximum Gasteiger partial charge on any atom is 0.191 e. The average Bonchev–Trinajstić information content (AvgIpc) is 2.97. The van der Waals surface area contributed by atoms with E-state index in [9.17, 15) is 4.39 Å². The number of benzene rings is 1. The van der Waals surface area contributed by atoms with Crippen LogP contribution in [0.5, 0.6) is 0 Å². The Morgan fingerprint density at radius 3 is 2.52 bits per heavy atom. The highest BCUT2D eigenvalue weighted by Crippen LogP contribution is 2.18. The summed E-state index contributed by atoms with van der Waals surface area (Å²) < 4.78 is 13.0. The first-order valence-electron chi connectivity index (χ1n) is 9.53. The van der Waals surface area contributed by atoms with Crippen LogP contribution in [-0.2, 0) is 6.54 Å². The minimum atomic E-state index is -0.190. The SMILES string of the molecule is CN=C(NCCN(C)Cc1ccc(F)cc1)NC1CN(C(C)C)CC1C.I. The zero-order chi connectivity index (χ0) is 19.1. The number of aliphatic imine (C=N–C) groups is 1. The molecule has 1 aromatic rings. The second-order valence-electron chi connectivity index (χ2n) is 7.64. The number of nitrogens with zero attached hydrogens (tertiary/aromatic N) is 3. The number of guanidine groups is 1. The largest absolute Gasteiger partial charge is 0.355 e. The normalized spacial score (nSPS) is 20.8. The zero-order valence-corrected chi connectivity index (χ0v) is 19.5. The molecule has 0 spiro atoms.